The quantitative estimate of drug-likeness (QED) is 0.750. The number of hydrogen-bond donors (Lipinski definition) is 1. The van der Waals surface area contributed by atoms with E-state index in [1.165, 1.54) is 0 Å². The lowest BCUT2D eigenvalue weighted by molar-refractivity contribution is -0.270. The predicted molar refractivity (Wildman–Crippen MR) is 46.9 cm³/mol. The lowest BCUT2D eigenvalue weighted by Gasteiger charge is -2.32. The largest absolute Gasteiger partial charge is 0.417 e. The van der Waals surface area contributed by atoms with Crippen LogP contribution in [0.15, 0.2) is 0 Å². The van der Waals surface area contributed by atoms with Crippen LogP contribution in [0.4, 0.5) is 13.2 Å². The van der Waals surface area contributed by atoms with Crippen LogP contribution in [0, 0.1) is 5.92 Å². The van der Waals surface area contributed by atoms with E-state index in [0.29, 0.717) is 19.5 Å². The number of nitrogens with zero attached hydrogens (tertiary/aromatic N) is 1. The lowest BCUT2D eigenvalue weighted by Crippen LogP contribution is -2.49. The fourth-order valence-electron chi connectivity index (χ4n) is 1.81. The molecule has 1 rings (SSSR count). The van der Waals surface area contributed by atoms with Crippen molar-refractivity contribution in [1.82, 2.24) is 4.90 Å². The molecule has 2 unspecified atom stereocenters. The molecule has 1 heterocycles. The third kappa shape index (κ3) is 2.03. The van der Waals surface area contributed by atoms with E-state index in [2.05, 4.69) is 0 Å². The average molecular weight is 211 g/mol. The molecule has 1 aliphatic rings. The second-order valence-electron chi connectivity index (χ2n) is 4.02. The van der Waals surface area contributed by atoms with Crippen LogP contribution in [-0.4, -0.2) is 41.4 Å². The fraction of sp³-hybridized carbons (Fsp3) is 1.00. The zero-order chi connectivity index (χ0) is 11.0. The highest BCUT2D eigenvalue weighted by Gasteiger charge is 2.55. The summed E-state index contributed by atoms with van der Waals surface area (Å²) in [4.78, 5) is 1.92. The molecule has 0 bridgehead atoms. The zero-order valence-corrected chi connectivity index (χ0v) is 8.43. The normalized spacial score (nSPS) is 29.1. The fourth-order valence-corrected chi connectivity index (χ4v) is 1.81. The number of halogens is 3. The number of rotatable bonds is 2. The van der Waals surface area contributed by atoms with Gasteiger partial charge in [-0.15, -0.1) is 0 Å². The molecule has 0 saturated carbocycles. The van der Waals surface area contributed by atoms with Gasteiger partial charge in [-0.1, -0.05) is 6.92 Å². The standard InChI is InChI=1S/C9H16F3NO/c1-3-13-5-4-7(6-13)8(2,14)9(10,11)12/h7,14H,3-6H2,1-2H3. The number of aliphatic hydroxyl groups is 1. The summed E-state index contributed by atoms with van der Waals surface area (Å²) < 4.78 is 37.3. The number of likely N-dealkylation sites (tertiary alicyclic amines) is 1. The van der Waals surface area contributed by atoms with E-state index in [-0.39, 0.29) is 0 Å². The van der Waals surface area contributed by atoms with Crippen LogP contribution in [-0.2, 0) is 0 Å². The summed E-state index contributed by atoms with van der Waals surface area (Å²) in [6.45, 7) is 4.50. The van der Waals surface area contributed by atoms with E-state index in [9.17, 15) is 18.3 Å². The first-order chi connectivity index (χ1) is 6.29. The summed E-state index contributed by atoms with van der Waals surface area (Å²) in [7, 11) is 0. The monoisotopic (exact) mass is 211 g/mol. The molecular weight excluding hydrogens is 195 g/mol. The van der Waals surface area contributed by atoms with Crippen molar-refractivity contribution in [3.8, 4) is 0 Å². The van der Waals surface area contributed by atoms with Crippen LogP contribution >= 0.6 is 0 Å². The van der Waals surface area contributed by atoms with Crippen LogP contribution in [0.2, 0.25) is 0 Å². The summed E-state index contributed by atoms with van der Waals surface area (Å²) in [6.07, 6.45) is -4.11. The lowest BCUT2D eigenvalue weighted by atomic mass is 9.88. The molecule has 0 aromatic rings. The van der Waals surface area contributed by atoms with Crippen LogP contribution < -0.4 is 0 Å². The van der Waals surface area contributed by atoms with Gasteiger partial charge in [0.15, 0.2) is 5.60 Å². The Kier molecular flexibility index (Phi) is 3.11. The van der Waals surface area contributed by atoms with E-state index in [4.69, 9.17) is 0 Å². The van der Waals surface area contributed by atoms with E-state index < -0.39 is 17.7 Å². The Morgan fingerprint density at radius 3 is 2.36 bits per heavy atom. The van der Waals surface area contributed by atoms with Crippen molar-refractivity contribution in [3.63, 3.8) is 0 Å². The molecule has 1 saturated heterocycles. The summed E-state index contributed by atoms with van der Waals surface area (Å²) in [5.41, 5.74) is -2.54. The van der Waals surface area contributed by atoms with E-state index >= 15 is 0 Å². The minimum absolute atomic E-state index is 0.336. The molecule has 84 valence electrons. The Balaban J connectivity index is 2.66. The van der Waals surface area contributed by atoms with Gasteiger partial charge in [-0.25, -0.2) is 0 Å². The van der Waals surface area contributed by atoms with Gasteiger partial charge in [0.25, 0.3) is 0 Å². The minimum atomic E-state index is -4.53. The van der Waals surface area contributed by atoms with Crippen molar-refractivity contribution < 1.29 is 18.3 Å². The van der Waals surface area contributed by atoms with Crippen molar-refractivity contribution in [2.75, 3.05) is 19.6 Å². The van der Waals surface area contributed by atoms with Crippen molar-refractivity contribution in [2.45, 2.75) is 32.0 Å². The Morgan fingerprint density at radius 2 is 2.00 bits per heavy atom. The number of alkyl halides is 3. The van der Waals surface area contributed by atoms with E-state index in [1.807, 2.05) is 11.8 Å². The maximum Gasteiger partial charge on any atom is 0.417 e. The Hall–Kier alpha value is -0.290. The first-order valence-electron chi connectivity index (χ1n) is 4.80. The second-order valence-corrected chi connectivity index (χ2v) is 4.02. The van der Waals surface area contributed by atoms with Crippen molar-refractivity contribution in [2.24, 2.45) is 5.92 Å². The van der Waals surface area contributed by atoms with Crippen molar-refractivity contribution >= 4 is 0 Å². The van der Waals surface area contributed by atoms with Crippen molar-refractivity contribution in [3.05, 3.63) is 0 Å². The molecule has 0 aromatic carbocycles. The smallest absolute Gasteiger partial charge is 0.380 e. The van der Waals surface area contributed by atoms with Crippen molar-refractivity contribution in [1.29, 1.82) is 0 Å². The molecular formula is C9H16F3NO. The summed E-state index contributed by atoms with van der Waals surface area (Å²) >= 11 is 0. The molecule has 1 aliphatic heterocycles. The van der Waals surface area contributed by atoms with Gasteiger partial charge in [0.05, 0.1) is 0 Å². The molecule has 0 amide bonds. The summed E-state index contributed by atoms with van der Waals surface area (Å²) in [5, 5.41) is 9.41. The van der Waals surface area contributed by atoms with Gasteiger partial charge < -0.3 is 10.0 Å². The molecule has 0 radical (unpaired) electrons. The molecule has 5 heteroatoms. The minimum Gasteiger partial charge on any atom is -0.380 e. The molecule has 1 fully saturated rings. The molecule has 2 nitrogen and oxygen atoms in total. The Bertz CT molecular complexity index is 203. The summed E-state index contributed by atoms with van der Waals surface area (Å²) in [6, 6.07) is 0. The molecule has 2 atom stereocenters. The zero-order valence-electron chi connectivity index (χ0n) is 8.43. The molecule has 1 N–H and O–H groups in total. The Labute approximate surface area is 81.7 Å². The maximum absolute atomic E-state index is 12.4. The van der Waals surface area contributed by atoms with Crippen LogP contribution in [0.25, 0.3) is 0 Å². The molecule has 0 spiro atoms. The second kappa shape index (κ2) is 3.70. The third-order valence-electron chi connectivity index (χ3n) is 3.09. The van der Waals surface area contributed by atoms with Crippen LogP contribution in [0.5, 0.6) is 0 Å². The maximum atomic E-state index is 12.4. The van der Waals surface area contributed by atoms with Gasteiger partial charge in [-0.05, 0) is 26.4 Å². The first kappa shape index (κ1) is 11.8. The third-order valence-corrected chi connectivity index (χ3v) is 3.09. The van der Waals surface area contributed by atoms with Gasteiger partial charge >= 0.3 is 6.18 Å². The summed E-state index contributed by atoms with van der Waals surface area (Å²) in [5.74, 6) is -0.692. The van der Waals surface area contributed by atoms with E-state index in [1.54, 1.807) is 0 Å². The molecule has 0 aromatic heterocycles. The first-order valence-corrected chi connectivity index (χ1v) is 4.80. The molecule has 0 aliphatic carbocycles. The highest BCUT2D eigenvalue weighted by atomic mass is 19.4. The van der Waals surface area contributed by atoms with Gasteiger partial charge in [-0.2, -0.15) is 13.2 Å². The van der Waals surface area contributed by atoms with Gasteiger partial charge in [-0.3, -0.25) is 0 Å². The van der Waals surface area contributed by atoms with Gasteiger partial charge in [0.2, 0.25) is 0 Å². The number of hydrogen-bond acceptors (Lipinski definition) is 2. The predicted octanol–water partition coefficient (Wildman–Crippen LogP) is 1.64. The SMILES string of the molecule is CCN1CCC(C(C)(O)C(F)(F)F)C1. The van der Waals surface area contributed by atoms with Crippen LogP contribution in [0.3, 0.4) is 0 Å². The molecule has 14 heavy (non-hydrogen) atoms. The van der Waals surface area contributed by atoms with Gasteiger partial charge in [0, 0.05) is 12.5 Å². The topological polar surface area (TPSA) is 23.5 Å². The van der Waals surface area contributed by atoms with E-state index in [0.717, 1.165) is 13.5 Å². The highest BCUT2D eigenvalue weighted by molar-refractivity contribution is 4.93. The average Bonchev–Trinajstić information content (AvgIpc) is 2.49. The Morgan fingerprint density at radius 1 is 1.43 bits per heavy atom. The van der Waals surface area contributed by atoms with Gasteiger partial charge in [0.1, 0.15) is 0 Å². The van der Waals surface area contributed by atoms with Crippen LogP contribution in [0.1, 0.15) is 20.3 Å². The highest BCUT2D eigenvalue weighted by Crippen LogP contribution is 2.39.